The van der Waals surface area contributed by atoms with Crippen molar-refractivity contribution >= 4 is 5.91 Å². The molecule has 20 heavy (non-hydrogen) atoms. The lowest BCUT2D eigenvalue weighted by molar-refractivity contribution is 0.0699. The van der Waals surface area contributed by atoms with Crippen LogP contribution in [0.4, 0.5) is 0 Å². The molecule has 0 aromatic carbocycles. The number of amides is 1. The van der Waals surface area contributed by atoms with Gasteiger partial charge in [0, 0.05) is 31.2 Å². The number of aromatic nitrogens is 1. The summed E-state index contributed by atoms with van der Waals surface area (Å²) >= 11 is 0. The first kappa shape index (κ1) is 13.6. The van der Waals surface area contributed by atoms with Gasteiger partial charge in [-0.3, -0.25) is 9.69 Å². The van der Waals surface area contributed by atoms with Crippen molar-refractivity contribution < 1.29 is 9.32 Å². The fourth-order valence-electron chi connectivity index (χ4n) is 3.69. The summed E-state index contributed by atoms with van der Waals surface area (Å²) in [5.41, 5.74) is 0.208. The van der Waals surface area contributed by atoms with Crippen LogP contribution >= 0.6 is 0 Å². The molecule has 3 heterocycles. The molecule has 0 N–H and O–H groups in total. The first-order valence-electron chi connectivity index (χ1n) is 7.56. The minimum Gasteiger partial charge on any atom is -0.351 e. The van der Waals surface area contributed by atoms with Gasteiger partial charge in [-0.15, -0.1) is 0 Å². The van der Waals surface area contributed by atoms with Crippen LogP contribution in [0.5, 0.6) is 0 Å². The van der Waals surface area contributed by atoms with Gasteiger partial charge in [0.2, 0.25) is 5.76 Å². The maximum Gasteiger partial charge on any atom is 0.292 e. The van der Waals surface area contributed by atoms with E-state index in [9.17, 15) is 4.79 Å². The van der Waals surface area contributed by atoms with Crippen LogP contribution in [0.25, 0.3) is 0 Å². The van der Waals surface area contributed by atoms with Gasteiger partial charge in [-0.1, -0.05) is 19.0 Å². The summed E-state index contributed by atoms with van der Waals surface area (Å²) < 4.78 is 5.00. The molecule has 5 nitrogen and oxygen atoms in total. The topological polar surface area (TPSA) is 49.6 Å². The van der Waals surface area contributed by atoms with E-state index in [0.29, 0.717) is 11.7 Å². The summed E-state index contributed by atoms with van der Waals surface area (Å²) in [5, 5.41) is 3.63. The second kappa shape index (κ2) is 5.20. The molecule has 1 amide bonds. The molecule has 1 spiro atoms. The Balaban J connectivity index is 1.70. The van der Waals surface area contributed by atoms with Gasteiger partial charge < -0.3 is 9.42 Å². The number of nitrogens with zero attached hydrogens (tertiary/aromatic N) is 3. The molecule has 2 aliphatic heterocycles. The monoisotopic (exact) mass is 277 g/mol. The average molecular weight is 277 g/mol. The maximum atomic E-state index is 12.4. The number of hydrogen-bond donors (Lipinski definition) is 0. The fraction of sp³-hybridized carbons (Fsp3) is 0.733. The zero-order valence-corrected chi connectivity index (χ0v) is 12.3. The van der Waals surface area contributed by atoms with E-state index in [-0.39, 0.29) is 11.4 Å². The molecule has 1 aromatic heterocycles. The lowest BCUT2D eigenvalue weighted by Crippen LogP contribution is -2.48. The maximum absolute atomic E-state index is 12.4. The highest BCUT2D eigenvalue weighted by atomic mass is 16.5. The first-order chi connectivity index (χ1) is 9.61. The standard InChI is InChI=1S/C15H23N3O2/c1-12(2)10-18-8-3-5-15(18)6-9-17(11-15)14(19)13-4-7-16-20-13/h4,7,12H,3,5-6,8-11H2,1-2H3/t15-/m1/s1. The van der Waals surface area contributed by atoms with Crippen LogP contribution in [0, 0.1) is 5.92 Å². The molecule has 0 saturated carbocycles. The van der Waals surface area contributed by atoms with E-state index < -0.39 is 0 Å². The van der Waals surface area contributed by atoms with Crippen molar-refractivity contribution in [3.63, 3.8) is 0 Å². The Labute approximate surface area is 119 Å². The van der Waals surface area contributed by atoms with Crippen LogP contribution in [0.3, 0.4) is 0 Å². The summed E-state index contributed by atoms with van der Waals surface area (Å²) in [4.78, 5) is 16.9. The van der Waals surface area contributed by atoms with Gasteiger partial charge in [0.1, 0.15) is 0 Å². The van der Waals surface area contributed by atoms with Gasteiger partial charge in [-0.2, -0.15) is 0 Å². The average Bonchev–Trinajstić information content (AvgIpc) is 3.13. The molecule has 0 radical (unpaired) electrons. The quantitative estimate of drug-likeness (QED) is 0.848. The highest BCUT2D eigenvalue weighted by Gasteiger charge is 2.47. The molecular weight excluding hydrogens is 254 g/mol. The lowest BCUT2D eigenvalue weighted by Gasteiger charge is -2.36. The number of carbonyl (C=O) groups is 1. The molecule has 2 fully saturated rings. The van der Waals surface area contributed by atoms with Crippen molar-refractivity contribution in [1.82, 2.24) is 15.0 Å². The summed E-state index contributed by atoms with van der Waals surface area (Å²) in [7, 11) is 0. The zero-order chi connectivity index (χ0) is 14.2. The smallest absolute Gasteiger partial charge is 0.292 e. The molecule has 110 valence electrons. The molecule has 1 aromatic rings. The predicted molar refractivity (Wildman–Crippen MR) is 75.4 cm³/mol. The lowest BCUT2D eigenvalue weighted by atomic mass is 9.94. The molecule has 2 aliphatic rings. The Bertz CT molecular complexity index is 471. The number of hydrogen-bond acceptors (Lipinski definition) is 4. The Morgan fingerprint density at radius 3 is 3.00 bits per heavy atom. The van der Waals surface area contributed by atoms with Crippen molar-refractivity contribution in [2.45, 2.75) is 38.6 Å². The Morgan fingerprint density at radius 2 is 2.30 bits per heavy atom. The van der Waals surface area contributed by atoms with Gasteiger partial charge in [0.25, 0.3) is 5.91 Å². The van der Waals surface area contributed by atoms with Crippen molar-refractivity contribution in [2.24, 2.45) is 5.92 Å². The summed E-state index contributed by atoms with van der Waals surface area (Å²) in [6.45, 7) is 8.48. The van der Waals surface area contributed by atoms with Gasteiger partial charge in [0.15, 0.2) is 0 Å². The second-order valence-corrected chi connectivity index (χ2v) is 6.52. The number of rotatable bonds is 3. The van der Waals surface area contributed by atoms with E-state index in [0.717, 1.165) is 26.1 Å². The van der Waals surface area contributed by atoms with E-state index in [1.54, 1.807) is 6.07 Å². The molecule has 0 aliphatic carbocycles. The summed E-state index contributed by atoms with van der Waals surface area (Å²) in [6.07, 6.45) is 5.07. The molecule has 1 atom stereocenters. The fourth-order valence-corrected chi connectivity index (χ4v) is 3.69. The molecule has 0 unspecified atom stereocenters. The Morgan fingerprint density at radius 1 is 1.45 bits per heavy atom. The number of carbonyl (C=O) groups excluding carboxylic acids is 1. The van der Waals surface area contributed by atoms with E-state index in [4.69, 9.17) is 4.52 Å². The normalized spacial score (nSPS) is 27.1. The minimum atomic E-state index is -0.0178. The van der Waals surface area contributed by atoms with Gasteiger partial charge >= 0.3 is 0 Å². The Kier molecular flexibility index (Phi) is 3.54. The van der Waals surface area contributed by atoms with Crippen LogP contribution in [-0.4, -0.2) is 52.6 Å². The third-order valence-electron chi connectivity index (χ3n) is 4.59. The molecular formula is C15H23N3O2. The highest BCUT2D eigenvalue weighted by Crippen LogP contribution is 2.38. The summed E-state index contributed by atoms with van der Waals surface area (Å²) in [5.74, 6) is 1.01. The first-order valence-corrected chi connectivity index (χ1v) is 7.56. The SMILES string of the molecule is CC(C)CN1CCC[C@]12CCN(C(=O)c1ccno1)C2. The summed E-state index contributed by atoms with van der Waals surface area (Å²) in [6, 6.07) is 1.65. The van der Waals surface area contributed by atoms with Crippen molar-refractivity contribution in [1.29, 1.82) is 0 Å². The van der Waals surface area contributed by atoms with Gasteiger partial charge in [-0.25, -0.2) is 0 Å². The largest absolute Gasteiger partial charge is 0.351 e. The van der Waals surface area contributed by atoms with Crippen LogP contribution in [0.1, 0.15) is 43.7 Å². The van der Waals surface area contributed by atoms with Gasteiger partial charge in [0.05, 0.1) is 6.20 Å². The Hall–Kier alpha value is -1.36. The molecule has 2 saturated heterocycles. The van der Waals surface area contributed by atoms with Crippen molar-refractivity contribution in [2.75, 3.05) is 26.2 Å². The number of likely N-dealkylation sites (tertiary alicyclic amines) is 2. The van der Waals surface area contributed by atoms with Gasteiger partial charge in [-0.05, 0) is 31.7 Å². The van der Waals surface area contributed by atoms with Crippen LogP contribution in [0.15, 0.2) is 16.8 Å². The highest BCUT2D eigenvalue weighted by molar-refractivity contribution is 5.91. The second-order valence-electron chi connectivity index (χ2n) is 6.52. The third kappa shape index (κ3) is 2.35. The van der Waals surface area contributed by atoms with Crippen LogP contribution < -0.4 is 0 Å². The van der Waals surface area contributed by atoms with E-state index in [1.165, 1.54) is 25.6 Å². The minimum absolute atomic E-state index is 0.0178. The van der Waals surface area contributed by atoms with Crippen LogP contribution in [-0.2, 0) is 0 Å². The predicted octanol–water partition coefficient (Wildman–Crippen LogP) is 2.01. The zero-order valence-electron chi connectivity index (χ0n) is 12.3. The van der Waals surface area contributed by atoms with E-state index >= 15 is 0 Å². The molecule has 5 heteroatoms. The van der Waals surface area contributed by atoms with Crippen molar-refractivity contribution in [3.05, 3.63) is 18.0 Å². The molecule has 0 bridgehead atoms. The van der Waals surface area contributed by atoms with Crippen molar-refractivity contribution in [3.8, 4) is 0 Å². The molecule has 3 rings (SSSR count). The third-order valence-corrected chi connectivity index (χ3v) is 4.59. The van der Waals surface area contributed by atoms with Crippen LogP contribution in [0.2, 0.25) is 0 Å². The van der Waals surface area contributed by atoms with E-state index in [2.05, 4.69) is 23.9 Å². The van der Waals surface area contributed by atoms with E-state index in [1.807, 2.05) is 4.90 Å².